The number of hydrogen-bond donors (Lipinski definition) is 2. The maximum atomic E-state index is 11.9. The first-order chi connectivity index (χ1) is 9.06. The van der Waals surface area contributed by atoms with Gasteiger partial charge in [0.25, 0.3) is 0 Å². The largest absolute Gasteiger partial charge is 0.481 e. The third-order valence-corrected chi connectivity index (χ3v) is 3.25. The van der Waals surface area contributed by atoms with Gasteiger partial charge in [-0.05, 0) is 18.9 Å². The van der Waals surface area contributed by atoms with Crippen LogP contribution in [0.15, 0.2) is 12.3 Å². The van der Waals surface area contributed by atoms with Crippen molar-refractivity contribution < 1.29 is 14.7 Å². The van der Waals surface area contributed by atoms with E-state index in [1.165, 1.54) is 0 Å². The molecule has 104 valence electrons. The van der Waals surface area contributed by atoms with Crippen LogP contribution in [-0.2, 0) is 18.4 Å². The third kappa shape index (κ3) is 3.46. The summed E-state index contributed by atoms with van der Waals surface area (Å²) in [5.41, 5.74) is 0.780. The summed E-state index contributed by atoms with van der Waals surface area (Å²) >= 11 is 0. The van der Waals surface area contributed by atoms with Gasteiger partial charge in [-0.25, -0.2) is 4.79 Å². The minimum Gasteiger partial charge on any atom is -0.481 e. The molecule has 1 saturated heterocycles. The van der Waals surface area contributed by atoms with E-state index in [9.17, 15) is 9.59 Å². The predicted octanol–water partition coefficient (Wildman–Crippen LogP) is 0.426. The molecule has 2 heterocycles. The molecule has 1 aliphatic rings. The van der Waals surface area contributed by atoms with Gasteiger partial charge in [-0.1, -0.05) is 0 Å². The molecule has 19 heavy (non-hydrogen) atoms. The van der Waals surface area contributed by atoms with Gasteiger partial charge in [-0.3, -0.25) is 9.48 Å². The van der Waals surface area contributed by atoms with Gasteiger partial charge in [-0.15, -0.1) is 0 Å². The van der Waals surface area contributed by atoms with Gasteiger partial charge in [0.1, 0.15) is 0 Å². The van der Waals surface area contributed by atoms with E-state index < -0.39 is 11.9 Å². The number of carbonyl (C=O) groups is 2. The van der Waals surface area contributed by atoms with Crippen LogP contribution in [0.25, 0.3) is 0 Å². The number of urea groups is 1. The maximum absolute atomic E-state index is 11.9. The van der Waals surface area contributed by atoms with Gasteiger partial charge in [0.05, 0.1) is 18.2 Å². The van der Waals surface area contributed by atoms with Crippen LogP contribution >= 0.6 is 0 Å². The SMILES string of the molecule is Cn1ccc(CNC(=O)N2CCC[C@@H](C(=O)O)C2)n1. The Hall–Kier alpha value is -2.05. The number of nitrogens with zero attached hydrogens (tertiary/aromatic N) is 3. The van der Waals surface area contributed by atoms with Crippen LogP contribution in [0.5, 0.6) is 0 Å². The fourth-order valence-electron chi connectivity index (χ4n) is 2.20. The Morgan fingerprint density at radius 3 is 3.00 bits per heavy atom. The van der Waals surface area contributed by atoms with Gasteiger partial charge in [-0.2, -0.15) is 5.10 Å². The molecule has 0 aromatic carbocycles. The summed E-state index contributed by atoms with van der Waals surface area (Å²) in [6.45, 7) is 1.25. The Balaban J connectivity index is 1.84. The van der Waals surface area contributed by atoms with Crippen LogP contribution < -0.4 is 5.32 Å². The molecule has 0 saturated carbocycles. The Morgan fingerprint density at radius 1 is 1.58 bits per heavy atom. The number of aryl methyl sites for hydroxylation is 1. The highest BCUT2D eigenvalue weighted by atomic mass is 16.4. The van der Waals surface area contributed by atoms with Gasteiger partial charge in [0.2, 0.25) is 0 Å². The average Bonchev–Trinajstić information content (AvgIpc) is 2.82. The molecular formula is C12H18N4O3. The van der Waals surface area contributed by atoms with Gasteiger partial charge in [0, 0.05) is 26.3 Å². The number of carboxylic acid groups (broad SMARTS) is 1. The van der Waals surface area contributed by atoms with Crippen molar-refractivity contribution in [2.45, 2.75) is 19.4 Å². The van der Waals surface area contributed by atoms with E-state index in [2.05, 4.69) is 10.4 Å². The highest BCUT2D eigenvalue weighted by molar-refractivity contribution is 5.76. The normalized spacial score (nSPS) is 19.2. The van der Waals surface area contributed by atoms with E-state index in [0.717, 1.165) is 12.1 Å². The second-order valence-corrected chi connectivity index (χ2v) is 4.76. The Kier molecular flexibility index (Phi) is 4.03. The van der Waals surface area contributed by atoms with Crippen molar-refractivity contribution in [2.24, 2.45) is 13.0 Å². The Morgan fingerprint density at radius 2 is 2.37 bits per heavy atom. The Bertz CT molecular complexity index is 471. The molecular weight excluding hydrogens is 248 g/mol. The lowest BCUT2D eigenvalue weighted by Crippen LogP contribution is -2.46. The number of aromatic nitrogens is 2. The molecule has 0 radical (unpaired) electrons. The van der Waals surface area contributed by atoms with Crippen LogP contribution in [0.2, 0.25) is 0 Å². The second kappa shape index (κ2) is 5.73. The Labute approximate surface area is 111 Å². The van der Waals surface area contributed by atoms with Crippen molar-refractivity contribution in [1.82, 2.24) is 20.0 Å². The molecule has 0 unspecified atom stereocenters. The number of carbonyl (C=O) groups excluding carboxylic acids is 1. The first-order valence-electron chi connectivity index (χ1n) is 6.30. The van der Waals surface area contributed by atoms with Crippen molar-refractivity contribution in [1.29, 1.82) is 0 Å². The molecule has 2 amide bonds. The summed E-state index contributed by atoms with van der Waals surface area (Å²) in [6, 6.07) is 1.60. The summed E-state index contributed by atoms with van der Waals surface area (Å²) in [5.74, 6) is -1.28. The van der Waals surface area contributed by atoms with E-state index in [4.69, 9.17) is 5.11 Å². The molecule has 0 bridgehead atoms. The quantitative estimate of drug-likeness (QED) is 0.830. The lowest BCUT2D eigenvalue weighted by Gasteiger charge is -2.30. The van der Waals surface area contributed by atoms with E-state index in [1.807, 2.05) is 19.3 Å². The molecule has 0 aliphatic carbocycles. The average molecular weight is 266 g/mol. The van der Waals surface area contributed by atoms with Crippen LogP contribution in [0, 0.1) is 5.92 Å². The minimum absolute atomic E-state index is 0.225. The first-order valence-corrected chi connectivity index (χ1v) is 6.30. The van der Waals surface area contributed by atoms with E-state index >= 15 is 0 Å². The molecule has 1 atom stereocenters. The van der Waals surface area contributed by atoms with E-state index in [1.54, 1.807) is 9.58 Å². The molecule has 2 rings (SSSR count). The number of rotatable bonds is 3. The van der Waals surface area contributed by atoms with Crippen molar-refractivity contribution in [3.05, 3.63) is 18.0 Å². The fourth-order valence-corrected chi connectivity index (χ4v) is 2.20. The van der Waals surface area contributed by atoms with Crippen molar-refractivity contribution in [2.75, 3.05) is 13.1 Å². The maximum Gasteiger partial charge on any atom is 0.317 e. The number of aliphatic carboxylic acids is 1. The number of amides is 2. The van der Waals surface area contributed by atoms with Crippen molar-refractivity contribution in [3.8, 4) is 0 Å². The highest BCUT2D eigenvalue weighted by Crippen LogP contribution is 2.16. The molecule has 1 aliphatic heterocycles. The first kappa shape index (κ1) is 13.4. The summed E-state index contributed by atoms with van der Waals surface area (Å²) in [6.07, 6.45) is 3.18. The zero-order valence-corrected chi connectivity index (χ0v) is 10.9. The minimum atomic E-state index is -0.831. The molecule has 1 fully saturated rings. The second-order valence-electron chi connectivity index (χ2n) is 4.76. The smallest absolute Gasteiger partial charge is 0.317 e. The zero-order valence-electron chi connectivity index (χ0n) is 10.9. The summed E-state index contributed by atoms with van der Waals surface area (Å²) in [4.78, 5) is 24.4. The van der Waals surface area contributed by atoms with Gasteiger partial charge in [0.15, 0.2) is 0 Å². The fraction of sp³-hybridized carbons (Fsp3) is 0.583. The highest BCUT2D eigenvalue weighted by Gasteiger charge is 2.27. The number of carboxylic acids is 1. The van der Waals surface area contributed by atoms with Crippen LogP contribution in [0.4, 0.5) is 4.79 Å². The van der Waals surface area contributed by atoms with Crippen molar-refractivity contribution >= 4 is 12.0 Å². The molecule has 1 aromatic rings. The predicted molar refractivity (Wildman–Crippen MR) is 67.4 cm³/mol. The lowest BCUT2D eigenvalue weighted by molar-refractivity contribution is -0.143. The van der Waals surface area contributed by atoms with Crippen LogP contribution in [0.3, 0.4) is 0 Å². The van der Waals surface area contributed by atoms with Gasteiger partial charge >= 0.3 is 12.0 Å². The van der Waals surface area contributed by atoms with E-state index in [0.29, 0.717) is 19.5 Å². The monoisotopic (exact) mass is 266 g/mol. The van der Waals surface area contributed by atoms with Crippen molar-refractivity contribution in [3.63, 3.8) is 0 Å². The number of hydrogen-bond acceptors (Lipinski definition) is 3. The lowest BCUT2D eigenvalue weighted by atomic mass is 9.99. The molecule has 7 nitrogen and oxygen atoms in total. The number of piperidine rings is 1. The number of likely N-dealkylation sites (tertiary alicyclic amines) is 1. The van der Waals surface area contributed by atoms with Crippen LogP contribution in [-0.4, -0.2) is 44.9 Å². The topological polar surface area (TPSA) is 87.5 Å². The molecule has 2 N–H and O–H groups in total. The number of nitrogens with one attached hydrogen (secondary N) is 1. The zero-order chi connectivity index (χ0) is 13.8. The summed E-state index contributed by atoms with van der Waals surface area (Å²) in [5, 5.41) is 15.9. The molecule has 0 spiro atoms. The molecule has 7 heteroatoms. The summed E-state index contributed by atoms with van der Waals surface area (Å²) < 4.78 is 1.67. The van der Waals surface area contributed by atoms with Gasteiger partial charge < -0.3 is 15.3 Å². The van der Waals surface area contributed by atoms with Crippen LogP contribution in [0.1, 0.15) is 18.5 Å². The molecule has 1 aromatic heterocycles. The third-order valence-electron chi connectivity index (χ3n) is 3.25. The summed E-state index contributed by atoms with van der Waals surface area (Å²) in [7, 11) is 1.81. The van der Waals surface area contributed by atoms with E-state index in [-0.39, 0.29) is 12.6 Å². The standard InChI is InChI=1S/C12H18N4O3/c1-15-6-4-10(14-15)7-13-12(19)16-5-2-3-9(8-16)11(17)18/h4,6,9H,2-3,5,7-8H2,1H3,(H,13,19)(H,17,18)/t9-/m1/s1.